The molecule has 2 saturated heterocycles. The predicted octanol–water partition coefficient (Wildman–Crippen LogP) is 3.93. The van der Waals surface area contributed by atoms with Crippen molar-refractivity contribution in [1.82, 2.24) is 9.80 Å². The van der Waals surface area contributed by atoms with Gasteiger partial charge in [0, 0.05) is 24.8 Å². The van der Waals surface area contributed by atoms with Crippen molar-refractivity contribution in [1.29, 1.82) is 0 Å². The van der Waals surface area contributed by atoms with Crippen LogP contribution in [0.3, 0.4) is 0 Å². The Bertz CT molecular complexity index is 742. The lowest BCUT2D eigenvalue weighted by Gasteiger charge is -2.45. The van der Waals surface area contributed by atoms with Crippen molar-refractivity contribution in [2.45, 2.75) is 82.2 Å². The summed E-state index contributed by atoms with van der Waals surface area (Å²) in [4.78, 5) is 31.6. The zero-order valence-corrected chi connectivity index (χ0v) is 20.0. The second-order valence-corrected chi connectivity index (χ2v) is 9.65. The van der Waals surface area contributed by atoms with Gasteiger partial charge >= 0.3 is 0 Å². The van der Waals surface area contributed by atoms with E-state index in [0.717, 1.165) is 31.6 Å². The number of carbonyl (C=O) groups is 2. The van der Waals surface area contributed by atoms with E-state index in [4.69, 9.17) is 5.73 Å². The van der Waals surface area contributed by atoms with E-state index in [1.165, 1.54) is 57.8 Å². The highest BCUT2D eigenvalue weighted by Gasteiger charge is 2.54. The molecule has 6 nitrogen and oxygen atoms in total. The highest BCUT2D eigenvalue weighted by Crippen LogP contribution is 2.40. The van der Waals surface area contributed by atoms with Gasteiger partial charge in [-0.15, -0.1) is 12.4 Å². The first-order chi connectivity index (χ1) is 15.1. The maximum atomic E-state index is 13.5. The van der Waals surface area contributed by atoms with E-state index < -0.39 is 11.4 Å². The van der Waals surface area contributed by atoms with Crippen molar-refractivity contribution in [3.05, 3.63) is 30.3 Å². The molecule has 4 rings (SSSR count). The lowest BCUT2D eigenvalue weighted by molar-refractivity contribution is -0.136. The maximum absolute atomic E-state index is 13.5. The molecule has 2 heterocycles. The highest BCUT2D eigenvalue weighted by atomic mass is 35.5. The van der Waals surface area contributed by atoms with Gasteiger partial charge in [-0.25, -0.2) is 0 Å². The zero-order chi connectivity index (χ0) is 21.7. The summed E-state index contributed by atoms with van der Waals surface area (Å²) in [6, 6.07) is 10.8. The van der Waals surface area contributed by atoms with Gasteiger partial charge in [0.2, 0.25) is 11.8 Å². The molecule has 1 aliphatic carbocycles. The Morgan fingerprint density at radius 2 is 1.50 bits per heavy atom. The van der Waals surface area contributed by atoms with Crippen LogP contribution < -0.4 is 10.6 Å². The molecule has 1 aromatic carbocycles. The number of amides is 2. The molecule has 3 fully saturated rings. The number of para-hydroxylation sites is 1. The van der Waals surface area contributed by atoms with Crippen molar-refractivity contribution in [2.75, 3.05) is 31.2 Å². The summed E-state index contributed by atoms with van der Waals surface area (Å²) < 4.78 is 0. The number of hydrogen-bond donors (Lipinski definition) is 1. The molecule has 2 amide bonds. The van der Waals surface area contributed by atoms with E-state index in [0.29, 0.717) is 12.7 Å². The molecule has 0 bridgehead atoms. The van der Waals surface area contributed by atoms with Gasteiger partial charge in [0.05, 0.1) is 6.67 Å². The number of nitrogens with zero attached hydrogens (tertiary/aromatic N) is 3. The number of halogens is 1. The number of benzene rings is 1. The quantitative estimate of drug-likeness (QED) is 0.736. The van der Waals surface area contributed by atoms with Crippen molar-refractivity contribution >= 4 is 29.9 Å². The van der Waals surface area contributed by atoms with Crippen LogP contribution in [0.2, 0.25) is 0 Å². The van der Waals surface area contributed by atoms with Crippen LogP contribution >= 0.6 is 12.4 Å². The van der Waals surface area contributed by atoms with Crippen LogP contribution in [0.4, 0.5) is 5.69 Å². The molecule has 2 aliphatic heterocycles. The fourth-order valence-electron chi connectivity index (χ4n) is 5.92. The third kappa shape index (κ3) is 5.40. The van der Waals surface area contributed by atoms with Crippen LogP contribution in [-0.2, 0) is 9.59 Å². The molecule has 178 valence electrons. The zero-order valence-electron chi connectivity index (χ0n) is 19.2. The minimum absolute atomic E-state index is 0. The van der Waals surface area contributed by atoms with Gasteiger partial charge < -0.3 is 20.4 Å². The summed E-state index contributed by atoms with van der Waals surface area (Å²) in [5.41, 5.74) is 5.95. The summed E-state index contributed by atoms with van der Waals surface area (Å²) in [6.45, 7) is 2.33. The van der Waals surface area contributed by atoms with Crippen LogP contribution in [0, 0.1) is 0 Å². The lowest BCUT2D eigenvalue weighted by Crippen LogP contribution is -2.58. The molecule has 1 saturated carbocycles. The number of nitrogens with two attached hydrogens (primary N) is 1. The minimum atomic E-state index is -0.552. The molecule has 0 atom stereocenters. The fourth-order valence-corrected chi connectivity index (χ4v) is 5.92. The number of primary amides is 1. The standard InChI is InChI=1S/C25H38N4O2.ClH/c26-23(30)19-28-20-29(22-13-9-6-10-14-22)25(24(28)31)15-17-27(18-16-25)21-11-7-4-2-1-3-5-8-12-21;/h6,9-10,13-14,21H,1-5,7-8,11-12,15-20H2,(H2,26,30);1H. The first kappa shape index (κ1) is 24.8. The monoisotopic (exact) mass is 462 g/mol. The molecule has 7 heteroatoms. The van der Waals surface area contributed by atoms with Gasteiger partial charge in [0.1, 0.15) is 12.1 Å². The third-order valence-corrected chi connectivity index (χ3v) is 7.64. The summed E-state index contributed by atoms with van der Waals surface area (Å²) in [7, 11) is 0. The van der Waals surface area contributed by atoms with Crippen LogP contribution in [-0.4, -0.2) is 59.5 Å². The lowest BCUT2D eigenvalue weighted by atomic mass is 9.84. The van der Waals surface area contributed by atoms with Crippen LogP contribution in [0.5, 0.6) is 0 Å². The summed E-state index contributed by atoms with van der Waals surface area (Å²) in [6.07, 6.45) is 13.7. The van der Waals surface area contributed by atoms with Crippen LogP contribution in [0.15, 0.2) is 30.3 Å². The minimum Gasteiger partial charge on any atom is -0.368 e. The second kappa shape index (κ2) is 11.4. The van der Waals surface area contributed by atoms with Crippen LogP contribution in [0.25, 0.3) is 0 Å². The number of hydrogen-bond acceptors (Lipinski definition) is 4. The number of likely N-dealkylation sites (tertiary alicyclic amines) is 1. The molecule has 32 heavy (non-hydrogen) atoms. The van der Waals surface area contributed by atoms with E-state index in [-0.39, 0.29) is 24.9 Å². The summed E-state index contributed by atoms with van der Waals surface area (Å²) >= 11 is 0. The molecule has 0 aromatic heterocycles. The maximum Gasteiger partial charge on any atom is 0.250 e. The number of rotatable bonds is 4. The van der Waals surface area contributed by atoms with Crippen molar-refractivity contribution in [3.63, 3.8) is 0 Å². The molecular weight excluding hydrogens is 424 g/mol. The van der Waals surface area contributed by atoms with Crippen molar-refractivity contribution in [2.24, 2.45) is 5.73 Å². The highest BCUT2D eigenvalue weighted by molar-refractivity contribution is 5.96. The summed E-state index contributed by atoms with van der Waals surface area (Å²) in [5, 5.41) is 0. The van der Waals surface area contributed by atoms with Crippen molar-refractivity contribution < 1.29 is 9.59 Å². The van der Waals surface area contributed by atoms with E-state index in [2.05, 4.69) is 21.9 Å². The Hall–Kier alpha value is -1.79. The molecule has 1 aromatic rings. The van der Waals surface area contributed by atoms with E-state index >= 15 is 0 Å². The fraction of sp³-hybridized carbons (Fsp3) is 0.680. The Morgan fingerprint density at radius 1 is 0.938 bits per heavy atom. The largest absolute Gasteiger partial charge is 0.368 e. The Kier molecular flexibility index (Phi) is 8.83. The van der Waals surface area contributed by atoms with E-state index in [1.807, 2.05) is 18.2 Å². The van der Waals surface area contributed by atoms with Gasteiger partial charge in [-0.2, -0.15) is 0 Å². The van der Waals surface area contributed by atoms with Gasteiger partial charge in [-0.05, 0) is 37.8 Å². The number of carbonyl (C=O) groups excluding carboxylic acids is 2. The molecular formula is C25H39ClN4O2. The Labute approximate surface area is 198 Å². The average Bonchev–Trinajstić information content (AvgIpc) is 3.04. The molecule has 3 aliphatic rings. The first-order valence-corrected chi connectivity index (χ1v) is 12.2. The van der Waals surface area contributed by atoms with Crippen LogP contribution in [0.1, 0.15) is 70.6 Å². The predicted molar refractivity (Wildman–Crippen MR) is 131 cm³/mol. The SMILES string of the molecule is Cl.NC(=O)CN1CN(c2ccccc2)C2(CCN(C3CCCCCCCCC3)CC2)C1=O. The molecule has 0 radical (unpaired) electrons. The van der Waals surface area contributed by atoms with Crippen molar-refractivity contribution in [3.8, 4) is 0 Å². The molecule has 0 unspecified atom stereocenters. The first-order valence-electron chi connectivity index (χ1n) is 12.2. The van der Waals surface area contributed by atoms with E-state index in [9.17, 15) is 9.59 Å². The van der Waals surface area contributed by atoms with Gasteiger partial charge in [-0.1, -0.05) is 63.1 Å². The Balaban J connectivity index is 0.00000289. The topological polar surface area (TPSA) is 69.9 Å². The Morgan fingerprint density at radius 3 is 2.06 bits per heavy atom. The third-order valence-electron chi connectivity index (χ3n) is 7.64. The molecule has 1 spiro atoms. The van der Waals surface area contributed by atoms with Gasteiger partial charge in [-0.3, -0.25) is 9.59 Å². The number of anilines is 1. The average molecular weight is 463 g/mol. The van der Waals surface area contributed by atoms with Gasteiger partial charge in [0.25, 0.3) is 0 Å². The normalized spacial score (nSPS) is 23.2. The smallest absolute Gasteiger partial charge is 0.250 e. The molecule has 2 N–H and O–H groups in total. The summed E-state index contributed by atoms with van der Waals surface area (Å²) in [5.74, 6) is -0.377. The second-order valence-electron chi connectivity index (χ2n) is 9.65. The van der Waals surface area contributed by atoms with E-state index in [1.54, 1.807) is 4.90 Å². The number of piperidine rings is 1. The van der Waals surface area contributed by atoms with Gasteiger partial charge in [0.15, 0.2) is 0 Å².